The molecule has 1 aromatic rings. The molecular weight excluding hydrogens is 210 g/mol. The second kappa shape index (κ2) is 4.11. The fraction of sp³-hybridized carbons (Fsp3) is 0.700. The lowest BCUT2D eigenvalue weighted by molar-refractivity contribution is -0.746. The lowest BCUT2D eigenvalue weighted by Gasteiger charge is -2.28. The standard InChI is InChI=1S/C10H15N3O3/c1-12(9(14)7-4-3-5-7)6-8-10(15)16-11-13(8)2/h7H,3-6H2,1-2H3. The normalized spacial score (nSPS) is 15.9. The Labute approximate surface area is 93.4 Å². The highest BCUT2D eigenvalue weighted by atomic mass is 16.6. The van der Waals surface area contributed by atoms with E-state index >= 15 is 0 Å². The molecule has 0 unspecified atom stereocenters. The van der Waals surface area contributed by atoms with Crippen LogP contribution in [-0.2, 0) is 18.4 Å². The van der Waals surface area contributed by atoms with Gasteiger partial charge in [0.05, 0.1) is 5.27 Å². The molecule has 6 nitrogen and oxygen atoms in total. The Hall–Kier alpha value is -1.59. The summed E-state index contributed by atoms with van der Waals surface area (Å²) in [5.41, 5.74) is 0.398. The maximum absolute atomic E-state index is 11.8. The molecule has 1 aromatic heterocycles. The Morgan fingerprint density at radius 1 is 1.69 bits per heavy atom. The molecule has 0 atom stereocenters. The van der Waals surface area contributed by atoms with Crippen LogP contribution in [0.3, 0.4) is 0 Å². The van der Waals surface area contributed by atoms with Crippen LogP contribution in [-0.4, -0.2) is 23.1 Å². The van der Waals surface area contributed by atoms with Gasteiger partial charge in [0.25, 0.3) is 5.69 Å². The first-order chi connectivity index (χ1) is 7.59. The van der Waals surface area contributed by atoms with Gasteiger partial charge in [0.1, 0.15) is 6.54 Å². The van der Waals surface area contributed by atoms with Crippen molar-refractivity contribution in [1.82, 2.24) is 10.2 Å². The zero-order valence-corrected chi connectivity index (χ0v) is 9.47. The van der Waals surface area contributed by atoms with Crippen LogP contribution in [0, 0.1) is 5.92 Å². The van der Waals surface area contributed by atoms with E-state index in [1.54, 1.807) is 19.0 Å². The highest BCUT2D eigenvalue weighted by molar-refractivity contribution is 5.79. The quantitative estimate of drug-likeness (QED) is 0.639. The zero-order chi connectivity index (χ0) is 11.7. The summed E-state index contributed by atoms with van der Waals surface area (Å²) in [6.07, 6.45) is 3.05. The van der Waals surface area contributed by atoms with E-state index in [1.165, 1.54) is 4.68 Å². The lowest BCUT2D eigenvalue weighted by atomic mass is 9.84. The summed E-state index contributed by atoms with van der Waals surface area (Å²) in [5, 5.41) is 14.8. The number of rotatable bonds is 3. The average Bonchev–Trinajstić information content (AvgIpc) is 2.46. The van der Waals surface area contributed by atoms with Crippen LogP contribution in [0.15, 0.2) is 4.52 Å². The van der Waals surface area contributed by atoms with E-state index < -0.39 is 5.95 Å². The fourth-order valence-corrected chi connectivity index (χ4v) is 1.77. The Morgan fingerprint density at radius 3 is 2.81 bits per heavy atom. The molecule has 0 aromatic carbocycles. The maximum atomic E-state index is 11.8. The summed E-state index contributed by atoms with van der Waals surface area (Å²) in [4.78, 5) is 13.4. The molecule has 88 valence electrons. The van der Waals surface area contributed by atoms with Gasteiger partial charge in [0.2, 0.25) is 5.91 Å². The van der Waals surface area contributed by atoms with Crippen molar-refractivity contribution < 1.29 is 19.1 Å². The second-order valence-electron chi connectivity index (χ2n) is 4.25. The number of aryl methyl sites for hydroxylation is 1. The van der Waals surface area contributed by atoms with Crippen molar-refractivity contribution in [1.29, 1.82) is 0 Å². The van der Waals surface area contributed by atoms with E-state index in [2.05, 4.69) is 9.79 Å². The predicted octanol–water partition coefficient (Wildman–Crippen LogP) is -0.669. The van der Waals surface area contributed by atoms with Crippen molar-refractivity contribution in [3.8, 4) is 5.95 Å². The van der Waals surface area contributed by atoms with Gasteiger partial charge in [-0.25, -0.2) is 0 Å². The number of nitrogens with zero attached hydrogens (tertiary/aromatic N) is 3. The van der Waals surface area contributed by atoms with Gasteiger partial charge in [-0.3, -0.25) is 4.79 Å². The van der Waals surface area contributed by atoms with E-state index in [1.807, 2.05) is 0 Å². The first-order valence-corrected chi connectivity index (χ1v) is 5.36. The van der Waals surface area contributed by atoms with Crippen molar-refractivity contribution in [3.05, 3.63) is 5.69 Å². The molecule has 2 rings (SSSR count). The van der Waals surface area contributed by atoms with E-state index in [-0.39, 0.29) is 18.4 Å². The van der Waals surface area contributed by atoms with Gasteiger partial charge in [0, 0.05) is 13.0 Å². The average molecular weight is 225 g/mol. The molecule has 1 amide bonds. The molecule has 16 heavy (non-hydrogen) atoms. The Morgan fingerprint density at radius 2 is 2.38 bits per heavy atom. The largest absolute Gasteiger partial charge is 0.539 e. The summed E-state index contributed by atoms with van der Waals surface area (Å²) in [7, 11) is 3.33. The molecular formula is C10H15N3O3. The number of carbonyl (C=O) groups is 1. The summed E-state index contributed by atoms with van der Waals surface area (Å²) < 4.78 is 5.86. The number of carbonyl (C=O) groups excluding carboxylic acids is 1. The highest BCUT2D eigenvalue weighted by Crippen LogP contribution is 2.28. The van der Waals surface area contributed by atoms with Crippen molar-refractivity contribution >= 4 is 5.91 Å². The first-order valence-electron chi connectivity index (χ1n) is 5.36. The Balaban J connectivity index is 2.01. The third kappa shape index (κ3) is 1.87. The van der Waals surface area contributed by atoms with E-state index in [0.29, 0.717) is 5.69 Å². The van der Waals surface area contributed by atoms with Gasteiger partial charge >= 0.3 is 0 Å². The summed E-state index contributed by atoms with van der Waals surface area (Å²) in [5.74, 6) is -0.229. The van der Waals surface area contributed by atoms with Crippen LogP contribution >= 0.6 is 0 Å². The van der Waals surface area contributed by atoms with Crippen molar-refractivity contribution in [2.24, 2.45) is 13.0 Å². The number of hydrogen-bond donors (Lipinski definition) is 0. The van der Waals surface area contributed by atoms with Crippen molar-refractivity contribution in [3.63, 3.8) is 0 Å². The molecule has 0 bridgehead atoms. The van der Waals surface area contributed by atoms with Gasteiger partial charge < -0.3 is 14.5 Å². The number of amides is 1. The first kappa shape index (κ1) is 10.9. The van der Waals surface area contributed by atoms with E-state index in [0.717, 1.165) is 19.3 Å². The lowest BCUT2D eigenvalue weighted by Crippen LogP contribution is -2.41. The third-order valence-corrected chi connectivity index (χ3v) is 3.09. The molecule has 1 fully saturated rings. The predicted molar refractivity (Wildman–Crippen MR) is 50.9 cm³/mol. The van der Waals surface area contributed by atoms with Gasteiger partial charge in [-0.15, -0.1) is 0 Å². The molecule has 0 spiro atoms. The van der Waals surface area contributed by atoms with E-state index in [4.69, 9.17) is 0 Å². The van der Waals surface area contributed by atoms with Crippen LogP contribution in [0.25, 0.3) is 0 Å². The van der Waals surface area contributed by atoms with Gasteiger partial charge in [-0.05, 0) is 12.8 Å². The minimum Gasteiger partial charge on any atom is -0.539 e. The molecule has 1 aliphatic carbocycles. The molecule has 0 N–H and O–H groups in total. The minimum absolute atomic E-state index is 0.104. The second-order valence-corrected chi connectivity index (χ2v) is 4.25. The molecule has 0 saturated heterocycles. The van der Waals surface area contributed by atoms with Crippen LogP contribution in [0.5, 0.6) is 5.95 Å². The molecule has 1 saturated carbocycles. The van der Waals surface area contributed by atoms with Gasteiger partial charge in [-0.2, -0.15) is 0 Å². The maximum Gasteiger partial charge on any atom is 0.252 e. The molecule has 0 aliphatic heterocycles. The Bertz CT molecular complexity index is 379. The monoisotopic (exact) mass is 225 g/mol. The van der Waals surface area contributed by atoms with Crippen LogP contribution in [0.4, 0.5) is 0 Å². The van der Waals surface area contributed by atoms with Crippen LogP contribution < -0.4 is 9.79 Å². The van der Waals surface area contributed by atoms with Crippen molar-refractivity contribution in [2.45, 2.75) is 25.8 Å². The number of hydrogen-bond acceptors (Lipinski definition) is 4. The SMILES string of the molecule is CN(Cc1c([O-])on[n+]1C)C(=O)C1CCC1. The Kier molecular flexibility index (Phi) is 2.80. The van der Waals surface area contributed by atoms with Gasteiger partial charge in [-0.1, -0.05) is 11.1 Å². The molecule has 6 heteroatoms. The molecule has 1 heterocycles. The fourth-order valence-electron chi connectivity index (χ4n) is 1.77. The molecule has 1 aliphatic rings. The minimum atomic E-state index is -0.476. The van der Waals surface area contributed by atoms with Crippen LogP contribution in [0.1, 0.15) is 25.0 Å². The summed E-state index contributed by atoms with van der Waals surface area (Å²) in [6, 6.07) is 0. The summed E-state index contributed by atoms with van der Waals surface area (Å²) in [6.45, 7) is 0.258. The van der Waals surface area contributed by atoms with E-state index in [9.17, 15) is 9.90 Å². The van der Waals surface area contributed by atoms with Crippen molar-refractivity contribution in [2.75, 3.05) is 7.05 Å². The smallest absolute Gasteiger partial charge is 0.252 e. The highest BCUT2D eigenvalue weighted by Gasteiger charge is 2.29. The zero-order valence-electron chi connectivity index (χ0n) is 9.47. The topological polar surface area (TPSA) is 73.3 Å². The third-order valence-electron chi connectivity index (χ3n) is 3.09. The summed E-state index contributed by atoms with van der Waals surface area (Å²) >= 11 is 0. The van der Waals surface area contributed by atoms with Crippen LogP contribution in [0.2, 0.25) is 0 Å². The van der Waals surface area contributed by atoms with Gasteiger partial charge in [0.15, 0.2) is 13.0 Å². The number of aromatic nitrogens is 2. The molecule has 0 radical (unpaired) electrons.